The summed E-state index contributed by atoms with van der Waals surface area (Å²) in [5.41, 5.74) is 3.15. The minimum absolute atomic E-state index is 0.0896. The molecule has 7 nitrogen and oxygen atoms in total. The summed E-state index contributed by atoms with van der Waals surface area (Å²) in [6, 6.07) is 23.0. The first-order valence-corrected chi connectivity index (χ1v) is 13.6. The van der Waals surface area contributed by atoms with E-state index in [1.165, 1.54) is 6.07 Å². The molecule has 1 amide bonds. The number of rotatable bonds is 10. The maximum Gasteiger partial charge on any atom is 0.408 e. The Morgan fingerprint density at radius 1 is 0.974 bits per heavy atom. The van der Waals surface area contributed by atoms with Crippen LogP contribution in [-0.4, -0.2) is 30.1 Å². The van der Waals surface area contributed by atoms with Crippen LogP contribution in [0.4, 0.5) is 4.79 Å². The fourth-order valence-electron chi connectivity index (χ4n) is 4.02. The van der Waals surface area contributed by atoms with E-state index in [0.717, 1.165) is 22.1 Å². The minimum Gasteiger partial charge on any atom is -0.445 e. The molecule has 0 radical (unpaired) electrons. The maximum atomic E-state index is 13.0. The first kappa shape index (κ1) is 27.0. The number of esters is 1. The lowest BCUT2D eigenvalue weighted by molar-refractivity contribution is -0.136. The number of hydrogen-bond donors (Lipinski definition) is 1. The van der Waals surface area contributed by atoms with Crippen LogP contribution in [0, 0.1) is 6.92 Å². The molecule has 1 aromatic heterocycles. The molecule has 0 saturated carbocycles. The second-order valence-corrected chi connectivity index (χ2v) is 9.76. The number of benzene rings is 3. The molecule has 0 saturated heterocycles. The average Bonchev–Trinajstić information content (AvgIpc) is 2.93. The zero-order valence-electron chi connectivity index (χ0n) is 21.3. The van der Waals surface area contributed by atoms with Crippen molar-refractivity contribution >= 4 is 34.8 Å². The summed E-state index contributed by atoms with van der Waals surface area (Å²) in [4.78, 5) is 38.1. The van der Waals surface area contributed by atoms with Crippen molar-refractivity contribution in [3.8, 4) is 5.75 Å². The van der Waals surface area contributed by atoms with Gasteiger partial charge in [0.1, 0.15) is 24.0 Å². The number of carbonyl (C=O) groups excluding carboxylic acids is 2. The van der Waals surface area contributed by atoms with Crippen molar-refractivity contribution in [2.75, 3.05) is 12.0 Å². The molecule has 0 bridgehead atoms. The summed E-state index contributed by atoms with van der Waals surface area (Å²) in [6.07, 6.45) is 2.04. The molecule has 0 unspecified atom stereocenters. The molecule has 38 heavy (non-hydrogen) atoms. The van der Waals surface area contributed by atoms with E-state index >= 15 is 0 Å². The van der Waals surface area contributed by atoms with Crippen LogP contribution in [0.15, 0.2) is 88.1 Å². The highest BCUT2D eigenvalue weighted by molar-refractivity contribution is 7.98. The molecule has 1 N–H and O–H groups in total. The summed E-state index contributed by atoms with van der Waals surface area (Å²) in [6.45, 7) is 1.97. The smallest absolute Gasteiger partial charge is 0.408 e. The predicted molar refractivity (Wildman–Crippen MR) is 149 cm³/mol. The average molecular weight is 532 g/mol. The molecule has 0 aliphatic rings. The molecule has 196 valence electrons. The third kappa shape index (κ3) is 7.04. The number of ether oxygens (including phenoxy) is 2. The largest absolute Gasteiger partial charge is 0.445 e. The van der Waals surface area contributed by atoms with Crippen LogP contribution in [-0.2, 0) is 22.6 Å². The number of amides is 1. The standard InChI is InChI=1S/C30H29NO6S/c1-20-24-14-13-23(18-27(24)37-28(32)25(20)17-21-9-5-3-6-10-21)36-29(33)26(15-16-38-2)31-30(34)35-19-22-11-7-4-8-12-22/h3-14,18,26H,15-17,19H2,1-2H3,(H,31,34)/t26-/m1/s1. The van der Waals surface area contributed by atoms with Crippen molar-refractivity contribution in [3.63, 3.8) is 0 Å². The Morgan fingerprint density at radius 3 is 2.34 bits per heavy atom. The Kier molecular flexibility index (Phi) is 9.21. The van der Waals surface area contributed by atoms with Crippen molar-refractivity contribution in [1.29, 1.82) is 0 Å². The van der Waals surface area contributed by atoms with Crippen LogP contribution in [0.1, 0.15) is 28.7 Å². The topological polar surface area (TPSA) is 94.8 Å². The van der Waals surface area contributed by atoms with Crippen molar-refractivity contribution in [2.24, 2.45) is 0 Å². The van der Waals surface area contributed by atoms with E-state index in [1.54, 1.807) is 23.9 Å². The summed E-state index contributed by atoms with van der Waals surface area (Å²) >= 11 is 1.55. The second kappa shape index (κ2) is 13.0. The maximum absolute atomic E-state index is 13.0. The van der Waals surface area contributed by atoms with E-state index in [2.05, 4.69) is 5.32 Å². The zero-order chi connectivity index (χ0) is 26.9. The van der Waals surface area contributed by atoms with Gasteiger partial charge in [0, 0.05) is 23.4 Å². The lowest BCUT2D eigenvalue weighted by Crippen LogP contribution is -2.43. The highest BCUT2D eigenvalue weighted by Gasteiger charge is 2.24. The number of nitrogens with one attached hydrogen (secondary N) is 1. The quantitative estimate of drug-likeness (QED) is 0.161. The minimum atomic E-state index is -0.900. The van der Waals surface area contributed by atoms with Crippen LogP contribution in [0.2, 0.25) is 0 Å². The van der Waals surface area contributed by atoms with E-state index in [-0.39, 0.29) is 12.4 Å². The molecule has 0 fully saturated rings. The van der Waals surface area contributed by atoms with Gasteiger partial charge in [-0.2, -0.15) is 11.8 Å². The molecule has 4 aromatic rings. The lowest BCUT2D eigenvalue weighted by atomic mass is 10.00. The third-order valence-corrected chi connectivity index (χ3v) is 6.74. The van der Waals surface area contributed by atoms with Crippen LogP contribution < -0.4 is 15.7 Å². The number of aryl methyl sites for hydroxylation is 1. The van der Waals surface area contributed by atoms with Gasteiger partial charge in [-0.25, -0.2) is 14.4 Å². The van der Waals surface area contributed by atoms with Crippen LogP contribution >= 0.6 is 11.8 Å². The van der Waals surface area contributed by atoms with Crippen molar-refractivity contribution in [2.45, 2.75) is 32.4 Å². The molecule has 1 heterocycles. The number of alkyl carbamates (subject to hydrolysis) is 1. The molecule has 8 heteroatoms. The molecule has 3 aromatic carbocycles. The van der Waals surface area contributed by atoms with E-state index in [1.807, 2.05) is 73.8 Å². The van der Waals surface area contributed by atoms with Crippen molar-refractivity contribution < 1.29 is 23.5 Å². The molecule has 1 atom stereocenters. The van der Waals surface area contributed by atoms with E-state index in [4.69, 9.17) is 13.9 Å². The third-order valence-electron chi connectivity index (χ3n) is 6.10. The lowest BCUT2D eigenvalue weighted by Gasteiger charge is -2.17. The summed E-state index contributed by atoms with van der Waals surface area (Å²) < 4.78 is 16.4. The summed E-state index contributed by atoms with van der Waals surface area (Å²) in [5, 5.41) is 3.37. The molecular formula is C30H29NO6S. The van der Waals surface area contributed by atoms with Gasteiger partial charge in [0.2, 0.25) is 0 Å². The van der Waals surface area contributed by atoms with Gasteiger partial charge in [0.05, 0.1) is 0 Å². The van der Waals surface area contributed by atoms with E-state index in [9.17, 15) is 14.4 Å². The first-order chi connectivity index (χ1) is 18.4. The zero-order valence-corrected chi connectivity index (χ0v) is 22.1. The van der Waals surface area contributed by atoms with Gasteiger partial charge >= 0.3 is 17.7 Å². The monoisotopic (exact) mass is 531 g/mol. The molecule has 4 rings (SSSR count). The fourth-order valence-corrected chi connectivity index (χ4v) is 4.49. The summed E-state index contributed by atoms with van der Waals surface area (Å²) in [7, 11) is 0. The summed E-state index contributed by atoms with van der Waals surface area (Å²) in [5.74, 6) is 0.221. The van der Waals surface area contributed by atoms with Crippen molar-refractivity contribution in [3.05, 3.63) is 112 Å². The van der Waals surface area contributed by atoms with Gasteiger partial charge < -0.3 is 19.2 Å². The van der Waals surface area contributed by atoms with Gasteiger partial charge in [-0.1, -0.05) is 60.7 Å². The van der Waals surface area contributed by atoms with Gasteiger partial charge in [-0.3, -0.25) is 0 Å². The Labute approximate surface area is 225 Å². The van der Waals surface area contributed by atoms with Gasteiger partial charge in [0.15, 0.2) is 0 Å². The Hall–Kier alpha value is -4.04. The number of hydrogen-bond acceptors (Lipinski definition) is 7. The van der Waals surface area contributed by atoms with Gasteiger partial charge in [0.25, 0.3) is 0 Å². The van der Waals surface area contributed by atoms with Crippen molar-refractivity contribution in [1.82, 2.24) is 5.32 Å². The molecular weight excluding hydrogens is 502 g/mol. The van der Waals surface area contributed by atoms with Gasteiger partial charge in [-0.15, -0.1) is 0 Å². The Balaban J connectivity index is 1.46. The highest BCUT2D eigenvalue weighted by atomic mass is 32.2. The van der Waals surface area contributed by atoms with Crippen LogP contribution in [0.25, 0.3) is 11.0 Å². The Morgan fingerprint density at radius 2 is 1.66 bits per heavy atom. The normalized spacial score (nSPS) is 11.6. The number of carbonyl (C=O) groups is 2. The SMILES string of the molecule is CSCC[C@@H](NC(=O)OCc1ccccc1)C(=O)Oc1ccc2c(C)c(Cc3ccccc3)c(=O)oc2c1. The second-order valence-electron chi connectivity index (χ2n) is 8.77. The molecule has 0 aliphatic carbocycles. The fraction of sp³-hybridized carbons (Fsp3) is 0.233. The number of thioether (sulfide) groups is 1. The van der Waals surface area contributed by atoms with Gasteiger partial charge in [-0.05, 0) is 54.2 Å². The molecule has 0 aliphatic heterocycles. The first-order valence-electron chi connectivity index (χ1n) is 12.2. The van der Waals surface area contributed by atoms with E-state index in [0.29, 0.717) is 29.7 Å². The Bertz CT molecular complexity index is 1450. The van der Waals surface area contributed by atoms with E-state index < -0.39 is 23.7 Å². The predicted octanol–water partition coefficient (Wildman–Crippen LogP) is 5.65. The number of fused-ring (bicyclic) bond motifs is 1. The van der Waals surface area contributed by atoms with Crippen LogP contribution in [0.3, 0.4) is 0 Å². The van der Waals surface area contributed by atoms with Crippen LogP contribution in [0.5, 0.6) is 5.75 Å². The highest BCUT2D eigenvalue weighted by Crippen LogP contribution is 2.25. The molecule has 0 spiro atoms.